The highest BCUT2D eigenvalue weighted by molar-refractivity contribution is 7.80. The Kier molecular flexibility index (Phi) is 5.34. The highest BCUT2D eigenvalue weighted by Gasteiger charge is 2.15. The first kappa shape index (κ1) is 14.5. The van der Waals surface area contributed by atoms with Crippen LogP contribution in [0.15, 0.2) is 6.07 Å². The lowest BCUT2D eigenvalue weighted by Crippen LogP contribution is -2.24. The molecule has 0 saturated carbocycles. The molecule has 0 unspecified atom stereocenters. The van der Waals surface area contributed by atoms with Crippen LogP contribution in [-0.4, -0.2) is 17.4 Å². The van der Waals surface area contributed by atoms with E-state index in [1.54, 1.807) is 11.3 Å². The Balaban J connectivity index is 1.87. The molecule has 1 aliphatic rings. The number of rotatable bonds is 5. The second-order valence-electron chi connectivity index (χ2n) is 4.95. The smallest absolute Gasteiger partial charge is 0.261 e. The monoisotopic (exact) mass is 296 g/mol. The van der Waals surface area contributed by atoms with Gasteiger partial charge in [-0.05, 0) is 50.2 Å². The topological polar surface area (TPSA) is 55.1 Å². The number of nitrogens with two attached hydrogens (primary N) is 1. The Morgan fingerprint density at radius 1 is 1.37 bits per heavy atom. The summed E-state index contributed by atoms with van der Waals surface area (Å²) in [4.78, 5) is 14.8. The molecule has 1 aromatic rings. The van der Waals surface area contributed by atoms with Gasteiger partial charge >= 0.3 is 0 Å². The lowest BCUT2D eigenvalue weighted by Gasteiger charge is -2.02. The molecule has 0 bridgehead atoms. The standard InChI is InChI=1S/C14H20N2OS2/c15-13(18)7-4-8-16-14(17)12-9-10-5-2-1-3-6-11(10)19-12/h9H,1-8H2,(H2,15,18)(H,16,17). The maximum atomic E-state index is 12.0. The molecule has 1 aromatic heterocycles. The number of aryl methyl sites for hydroxylation is 2. The van der Waals surface area contributed by atoms with Crippen molar-refractivity contribution < 1.29 is 4.79 Å². The summed E-state index contributed by atoms with van der Waals surface area (Å²) in [5, 5.41) is 2.94. The molecule has 0 spiro atoms. The molecule has 1 amide bonds. The quantitative estimate of drug-likeness (QED) is 0.499. The molecule has 2 rings (SSSR count). The van der Waals surface area contributed by atoms with E-state index < -0.39 is 0 Å². The molecular formula is C14H20N2OS2. The number of fused-ring (bicyclic) bond motifs is 1. The lowest BCUT2D eigenvalue weighted by atomic mass is 10.1. The molecule has 104 valence electrons. The maximum absolute atomic E-state index is 12.0. The van der Waals surface area contributed by atoms with Crippen LogP contribution in [0.3, 0.4) is 0 Å². The summed E-state index contributed by atoms with van der Waals surface area (Å²) in [7, 11) is 0. The van der Waals surface area contributed by atoms with E-state index in [1.165, 1.54) is 29.7 Å². The second-order valence-corrected chi connectivity index (χ2v) is 6.61. The number of nitrogens with one attached hydrogen (secondary N) is 1. The molecule has 1 aliphatic carbocycles. The normalized spacial score (nSPS) is 14.5. The molecule has 5 heteroatoms. The van der Waals surface area contributed by atoms with Crippen LogP contribution < -0.4 is 11.1 Å². The average Bonchev–Trinajstić information content (AvgIpc) is 2.66. The third kappa shape index (κ3) is 4.28. The molecule has 0 fully saturated rings. The zero-order valence-corrected chi connectivity index (χ0v) is 12.7. The number of carbonyl (C=O) groups excluding carboxylic acids is 1. The highest BCUT2D eigenvalue weighted by Crippen LogP contribution is 2.28. The van der Waals surface area contributed by atoms with Gasteiger partial charge in [-0.2, -0.15) is 0 Å². The third-order valence-electron chi connectivity index (χ3n) is 3.36. The van der Waals surface area contributed by atoms with Crippen LogP contribution in [0.4, 0.5) is 0 Å². The Bertz CT molecular complexity index is 445. The van der Waals surface area contributed by atoms with Crippen LogP contribution in [0.1, 0.15) is 52.2 Å². The second kappa shape index (κ2) is 7.01. The van der Waals surface area contributed by atoms with Crippen molar-refractivity contribution in [2.24, 2.45) is 5.73 Å². The van der Waals surface area contributed by atoms with E-state index in [9.17, 15) is 4.79 Å². The van der Waals surface area contributed by atoms with Crippen molar-refractivity contribution in [3.8, 4) is 0 Å². The molecule has 0 aromatic carbocycles. The summed E-state index contributed by atoms with van der Waals surface area (Å²) in [6.45, 7) is 0.638. The minimum atomic E-state index is 0.0426. The Morgan fingerprint density at radius 3 is 2.95 bits per heavy atom. The van der Waals surface area contributed by atoms with Crippen LogP contribution in [0, 0.1) is 0 Å². The summed E-state index contributed by atoms with van der Waals surface area (Å²) in [5.41, 5.74) is 6.81. The van der Waals surface area contributed by atoms with Crippen LogP contribution in [0.2, 0.25) is 0 Å². The number of carbonyl (C=O) groups is 1. The molecule has 0 radical (unpaired) electrons. The van der Waals surface area contributed by atoms with Gasteiger partial charge in [0.2, 0.25) is 0 Å². The minimum Gasteiger partial charge on any atom is -0.393 e. The van der Waals surface area contributed by atoms with Crippen LogP contribution in [-0.2, 0) is 12.8 Å². The van der Waals surface area contributed by atoms with Gasteiger partial charge in [0.05, 0.1) is 9.87 Å². The van der Waals surface area contributed by atoms with Gasteiger partial charge in [0.15, 0.2) is 0 Å². The lowest BCUT2D eigenvalue weighted by molar-refractivity contribution is 0.0957. The fraction of sp³-hybridized carbons (Fsp3) is 0.571. The Labute approximate surface area is 123 Å². The number of amides is 1. The van der Waals surface area contributed by atoms with Crippen LogP contribution >= 0.6 is 23.6 Å². The summed E-state index contributed by atoms with van der Waals surface area (Å²) in [5.74, 6) is 0.0426. The van der Waals surface area contributed by atoms with E-state index in [4.69, 9.17) is 18.0 Å². The molecule has 0 saturated heterocycles. The minimum absolute atomic E-state index is 0.0426. The fourth-order valence-corrected chi connectivity index (χ4v) is 3.65. The van der Waals surface area contributed by atoms with E-state index in [2.05, 4.69) is 11.4 Å². The summed E-state index contributed by atoms with van der Waals surface area (Å²) >= 11 is 6.47. The predicted molar refractivity (Wildman–Crippen MR) is 83.9 cm³/mol. The SMILES string of the molecule is NC(=S)CCCNC(=O)c1cc2c(s1)CCCCC2. The van der Waals surface area contributed by atoms with E-state index in [-0.39, 0.29) is 5.91 Å². The molecule has 3 N–H and O–H groups in total. The molecular weight excluding hydrogens is 276 g/mol. The van der Waals surface area contributed by atoms with E-state index in [0.29, 0.717) is 18.0 Å². The molecule has 0 atom stereocenters. The zero-order valence-electron chi connectivity index (χ0n) is 11.0. The number of hydrogen-bond acceptors (Lipinski definition) is 3. The third-order valence-corrected chi connectivity index (χ3v) is 4.80. The van der Waals surface area contributed by atoms with Gasteiger partial charge in [-0.25, -0.2) is 0 Å². The van der Waals surface area contributed by atoms with Crippen molar-refractivity contribution in [3.05, 3.63) is 21.4 Å². The first-order valence-electron chi connectivity index (χ1n) is 6.85. The van der Waals surface area contributed by atoms with Gasteiger partial charge in [-0.1, -0.05) is 18.6 Å². The van der Waals surface area contributed by atoms with Gasteiger partial charge in [0.1, 0.15) is 0 Å². The summed E-state index contributed by atoms with van der Waals surface area (Å²) < 4.78 is 0. The van der Waals surface area contributed by atoms with Gasteiger partial charge in [0, 0.05) is 11.4 Å². The van der Waals surface area contributed by atoms with E-state index in [1.807, 2.05) is 0 Å². The summed E-state index contributed by atoms with van der Waals surface area (Å²) in [6.07, 6.45) is 7.57. The Morgan fingerprint density at radius 2 is 2.16 bits per heavy atom. The number of thiophene rings is 1. The largest absolute Gasteiger partial charge is 0.393 e. The maximum Gasteiger partial charge on any atom is 0.261 e. The van der Waals surface area contributed by atoms with E-state index in [0.717, 1.165) is 24.1 Å². The van der Waals surface area contributed by atoms with Gasteiger partial charge in [0.25, 0.3) is 5.91 Å². The highest BCUT2D eigenvalue weighted by atomic mass is 32.1. The fourth-order valence-electron chi connectivity index (χ4n) is 2.33. The van der Waals surface area contributed by atoms with Crippen molar-refractivity contribution in [1.82, 2.24) is 5.32 Å². The van der Waals surface area contributed by atoms with Crippen molar-refractivity contribution in [2.75, 3.05) is 6.54 Å². The van der Waals surface area contributed by atoms with Crippen LogP contribution in [0.5, 0.6) is 0 Å². The predicted octanol–water partition coefficient (Wildman–Crippen LogP) is 2.81. The average molecular weight is 296 g/mol. The van der Waals surface area contributed by atoms with Gasteiger partial charge in [-0.15, -0.1) is 11.3 Å². The first-order valence-corrected chi connectivity index (χ1v) is 8.07. The molecule has 19 heavy (non-hydrogen) atoms. The summed E-state index contributed by atoms with van der Waals surface area (Å²) in [6, 6.07) is 2.08. The molecule has 0 aliphatic heterocycles. The van der Waals surface area contributed by atoms with Crippen molar-refractivity contribution in [3.63, 3.8) is 0 Å². The Hall–Kier alpha value is -0.940. The zero-order chi connectivity index (χ0) is 13.7. The molecule has 1 heterocycles. The van der Waals surface area contributed by atoms with Gasteiger partial charge < -0.3 is 11.1 Å². The van der Waals surface area contributed by atoms with Crippen molar-refractivity contribution in [2.45, 2.75) is 44.9 Å². The number of thiocarbonyl (C=S) groups is 1. The van der Waals surface area contributed by atoms with Crippen molar-refractivity contribution in [1.29, 1.82) is 0 Å². The van der Waals surface area contributed by atoms with Gasteiger partial charge in [-0.3, -0.25) is 4.79 Å². The van der Waals surface area contributed by atoms with Crippen LogP contribution in [0.25, 0.3) is 0 Å². The molecule has 3 nitrogen and oxygen atoms in total. The van der Waals surface area contributed by atoms with Crippen molar-refractivity contribution >= 4 is 34.5 Å². The first-order chi connectivity index (χ1) is 9.16. The van der Waals surface area contributed by atoms with E-state index >= 15 is 0 Å². The number of hydrogen-bond donors (Lipinski definition) is 2.